The average molecular weight is 1680 g/mol. The summed E-state index contributed by atoms with van der Waals surface area (Å²) in [7, 11) is 0. The second kappa shape index (κ2) is 30.1. The minimum Gasteiger partial charge on any atom is -0.0619 e. The molecule has 0 bridgehead atoms. The Morgan fingerprint density at radius 2 is 0.361 bits per heavy atom. The van der Waals surface area contributed by atoms with Gasteiger partial charge in [0.1, 0.15) is 0 Å². The van der Waals surface area contributed by atoms with Crippen LogP contribution in [0, 0.1) is 0 Å². The molecule has 0 heteroatoms. The van der Waals surface area contributed by atoms with Gasteiger partial charge in [0.2, 0.25) is 0 Å². The van der Waals surface area contributed by atoms with Crippen molar-refractivity contribution in [2.75, 3.05) is 0 Å². The van der Waals surface area contributed by atoms with E-state index in [1.165, 1.54) is 286 Å². The van der Waals surface area contributed by atoms with Crippen LogP contribution in [0.5, 0.6) is 0 Å². The fraction of sp³-hybridized carbons (Fsp3) is 0.0226. The van der Waals surface area contributed by atoms with E-state index in [0.717, 1.165) is 0 Å². The topological polar surface area (TPSA) is 0 Å². The lowest BCUT2D eigenvalue weighted by Crippen LogP contribution is -2.14. The van der Waals surface area contributed by atoms with Crippen molar-refractivity contribution < 1.29 is 0 Å². The molecule has 0 aromatic heterocycles. The second-order valence-electron chi connectivity index (χ2n) is 37.1. The molecule has 25 aromatic carbocycles. The van der Waals surface area contributed by atoms with Crippen LogP contribution in [0.2, 0.25) is 0 Å². The molecule has 25 aromatic rings. The van der Waals surface area contributed by atoms with Crippen LogP contribution < -0.4 is 0 Å². The summed E-state index contributed by atoms with van der Waals surface area (Å²) in [6.45, 7) is 4.70. The zero-order valence-corrected chi connectivity index (χ0v) is 73.5. The zero-order chi connectivity index (χ0) is 87.7. The Morgan fingerprint density at radius 1 is 0.113 bits per heavy atom. The molecule has 0 fully saturated rings. The lowest BCUT2D eigenvalue weighted by molar-refractivity contribution is 0.660. The Labute approximate surface area is 772 Å². The van der Waals surface area contributed by atoms with Crippen LogP contribution in [-0.2, 0) is 5.41 Å². The van der Waals surface area contributed by atoms with E-state index in [1.54, 1.807) is 0 Å². The highest BCUT2D eigenvalue weighted by atomic mass is 14.4. The lowest BCUT2D eigenvalue weighted by atomic mass is 9.81. The Kier molecular flexibility index (Phi) is 17.2. The maximum Gasteiger partial charge on any atom is 0.0159 e. The smallest absolute Gasteiger partial charge is 0.0159 e. The Bertz CT molecular complexity index is 9220. The fourth-order valence-electron chi connectivity index (χ4n) is 23.2. The van der Waals surface area contributed by atoms with Crippen molar-refractivity contribution in [2.24, 2.45) is 0 Å². The first-order chi connectivity index (χ1) is 65.7. The van der Waals surface area contributed by atoms with Crippen LogP contribution in [0.1, 0.15) is 25.0 Å². The molecule has 133 heavy (non-hydrogen) atoms. The number of rotatable bonds is 8. The van der Waals surface area contributed by atoms with Crippen molar-refractivity contribution >= 4 is 108 Å². The van der Waals surface area contributed by atoms with E-state index in [-0.39, 0.29) is 5.41 Å². The summed E-state index contributed by atoms with van der Waals surface area (Å²) in [4.78, 5) is 0. The molecule has 616 valence electrons. The van der Waals surface area contributed by atoms with Crippen LogP contribution in [0.3, 0.4) is 0 Å². The lowest BCUT2D eigenvalue weighted by Gasteiger charge is -2.22. The van der Waals surface area contributed by atoms with E-state index in [0.29, 0.717) is 0 Å². The SMILES string of the molecule is CC1(C)c2ccccc2-c2ccc(-c3ccc4cc(-c5cccc(-c6ccc7c8c(cccc68)-c6ccccc6-7)c5)ccc4c3)cc21.c1cc(-c2ccc3cc(-c4cc5ccccc5c5ccccc45)ccc3c2)cc(-c2ccc3c4c(cccc24)-c2ccccc2-3)c1.c1ccc2c(c1)-c1cccc3c(-c4ccc5ccc(-c6cc7ccccc7c7ccccc67)cc5c4)ccc-2c13. The van der Waals surface area contributed by atoms with Crippen LogP contribution >= 0.6 is 0 Å². The summed E-state index contributed by atoms with van der Waals surface area (Å²) in [5.41, 5.74) is 41.8. The molecule has 0 heterocycles. The van der Waals surface area contributed by atoms with E-state index in [2.05, 4.69) is 487 Å². The molecule has 4 aliphatic rings. The van der Waals surface area contributed by atoms with Gasteiger partial charge in [-0.15, -0.1) is 0 Å². The van der Waals surface area contributed by atoms with Gasteiger partial charge < -0.3 is 0 Å². The first-order valence-electron chi connectivity index (χ1n) is 46.5. The van der Waals surface area contributed by atoms with Crippen LogP contribution in [0.15, 0.2) is 473 Å². The molecule has 0 spiro atoms. The van der Waals surface area contributed by atoms with Crippen LogP contribution in [0.4, 0.5) is 0 Å². The molecule has 0 amide bonds. The van der Waals surface area contributed by atoms with Gasteiger partial charge in [-0.1, -0.05) is 420 Å². The fourth-order valence-corrected chi connectivity index (χ4v) is 23.2. The van der Waals surface area contributed by atoms with Gasteiger partial charge >= 0.3 is 0 Å². The number of hydrogen-bond acceptors (Lipinski definition) is 0. The molecule has 0 atom stereocenters. The van der Waals surface area contributed by atoms with Gasteiger partial charge in [-0.05, 0) is 352 Å². The van der Waals surface area contributed by atoms with Crippen molar-refractivity contribution in [3.8, 4) is 167 Å². The highest BCUT2D eigenvalue weighted by Crippen LogP contribution is 2.55. The largest absolute Gasteiger partial charge is 0.0619 e. The molecule has 0 saturated carbocycles. The standard InChI is InChI=1S/C47H32.C46H28.C40H24/c1-47(2)44-16-6-5-13-39(44)40-22-21-34(28-45(40)47)33-20-19-31-25-30(17-18-32(31)26-33)29-9-7-10-35(27-29)36-23-24-43-38-12-4-3-11-37(38)42-15-8-14-41(36)46(42)43;1-2-12-36-34(9-1)28-45(41-16-6-3-13-38(36)41)35-22-21-31-25-30(19-20-32(31)27-35)29-10-7-11-33(26-29)37-23-24-44-40-15-5-4-14-39(40)43-18-8-17-42(37)46(43)44;1-2-9-30-26(8-1)24-39(35-13-6-3-10-32(30)35)28-19-17-25-16-18-27(22-29(25)23-28)31-20-21-38-34-12-5-4-11-33(34)37-15-7-14-36(31)40(37)38/h3-28H,1-2H3;1-28H;1-24H. The van der Waals surface area contributed by atoms with E-state index in [1.807, 2.05) is 0 Å². The average Bonchev–Trinajstić information content (AvgIpc) is 1.51. The molecule has 0 saturated heterocycles. The molecule has 0 N–H and O–H groups in total. The minimum atomic E-state index is 0.0000248. The Balaban J connectivity index is 0.000000102. The molecule has 0 unspecified atom stereocenters. The highest BCUT2D eigenvalue weighted by Gasteiger charge is 2.36. The van der Waals surface area contributed by atoms with E-state index in [4.69, 9.17) is 0 Å². The number of benzene rings is 25. The van der Waals surface area contributed by atoms with E-state index in [9.17, 15) is 0 Å². The van der Waals surface area contributed by atoms with Gasteiger partial charge in [0.05, 0.1) is 0 Å². The van der Waals surface area contributed by atoms with Gasteiger partial charge in [-0.2, -0.15) is 0 Å². The molecule has 4 aliphatic carbocycles. The Hall–Kier alpha value is -16.9. The van der Waals surface area contributed by atoms with Crippen molar-refractivity contribution in [3.63, 3.8) is 0 Å². The summed E-state index contributed by atoms with van der Waals surface area (Å²) >= 11 is 0. The first kappa shape index (κ1) is 76.2. The van der Waals surface area contributed by atoms with E-state index < -0.39 is 0 Å². The van der Waals surface area contributed by atoms with Gasteiger partial charge in [0, 0.05) is 5.41 Å². The van der Waals surface area contributed by atoms with Crippen molar-refractivity contribution in [3.05, 3.63) is 484 Å². The first-order valence-corrected chi connectivity index (χ1v) is 46.5. The van der Waals surface area contributed by atoms with Gasteiger partial charge in [0.25, 0.3) is 0 Å². The van der Waals surface area contributed by atoms with Crippen molar-refractivity contribution in [2.45, 2.75) is 19.3 Å². The Morgan fingerprint density at radius 3 is 0.782 bits per heavy atom. The van der Waals surface area contributed by atoms with Gasteiger partial charge in [-0.3, -0.25) is 0 Å². The van der Waals surface area contributed by atoms with Crippen LogP contribution in [0.25, 0.3) is 275 Å². The quantitative estimate of drug-likeness (QED) is 0.133. The molecule has 0 aliphatic heterocycles. The molecule has 29 rings (SSSR count). The predicted molar refractivity (Wildman–Crippen MR) is 569 cm³/mol. The van der Waals surface area contributed by atoms with Crippen molar-refractivity contribution in [1.29, 1.82) is 0 Å². The molecular formula is C133H84. The summed E-state index contributed by atoms with van der Waals surface area (Å²) in [5, 5.41) is 26.0. The van der Waals surface area contributed by atoms with Gasteiger partial charge in [-0.25, -0.2) is 0 Å². The normalized spacial score (nSPS) is 12.5. The third-order valence-electron chi connectivity index (χ3n) is 29.6. The molecule has 0 radical (unpaired) electrons. The zero-order valence-electron chi connectivity index (χ0n) is 73.5. The monoisotopic (exact) mass is 1680 g/mol. The summed E-state index contributed by atoms with van der Waals surface area (Å²) < 4.78 is 0. The number of hydrogen-bond donors (Lipinski definition) is 0. The van der Waals surface area contributed by atoms with E-state index >= 15 is 0 Å². The molecular weight excluding hydrogens is 1600 g/mol. The van der Waals surface area contributed by atoms with Crippen LogP contribution in [-0.4, -0.2) is 0 Å². The maximum atomic E-state index is 2.41. The highest BCUT2D eigenvalue weighted by molar-refractivity contribution is 6.23. The predicted octanol–water partition coefficient (Wildman–Crippen LogP) is 37.2. The third-order valence-corrected chi connectivity index (χ3v) is 29.6. The number of fused-ring (bicyclic) bond motifs is 21. The van der Waals surface area contributed by atoms with Crippen molar-refractivity contribution in [1.82, 2.24) is 0 Å². The maximum absolute atomic E-state index is 2.41. The summed E-state index contributed by atoms with van der Waals surface area (Å²) in [6.07, 6.45) is 0. The summed E-state index contributed by atoms with van der Waals surface area (Å²) in [6, 6.07) is 175. The molecule has 0 nitrogen and oxygen atoms in total. The third kappa shape index (κ3) is 12.2. The second-order valence-corrected chi connectivity index (χ2v) is 37.1. The minimum absolute atomic E-state index is 0.0000248. The van der Waals surface area contributed by atoms with Gasteiger partial charge in [0.15, 0.2) is 0 Å². The summed E-state index contributed by atoms with van der Waals surface area (Å²) in [5.74, 6) is 0.